The Morgan fingerprint density at radius 3 is 2.79 bits per heavy atom. The first kappa shape index (κ1) is 13.5. The summed E-state index contributed by atoms with van der Waals surface area (Å²) >= 11 is 1.27. The molecule has 2 rings (SSSR count). The minimum Gasteiger partial charge on any atom is -0.384 e. The molecule has 19 heavy (non-hydrogen) atoms. The van der Waals surface area contributed by atoms with Crippen molar-refractivity contribution in [3.05, 3.63) is 34.0 Å². The number of hydrogen-bond donors (Lipinski definition) is 2. The third kappa shape index (κ3) is 3.78. The molecule has 0 aliphatic rings. The standard InChI is InChI=1S/C12H15N5OS/c1-3-4-8-5-10(18)17-12(16-8)19-11-6-9(13)14-7(2)15-11/h5-6H,3-4H2,1-2H3,(H2,13,14,15)(H,16,17,18). The van der Waals surface area contributed by atoms with Gasteiger partial charge in [-0.25, -0.2) is 15.0 Å². The van der Waals surface area contributed by atoms with Gasteiger partial charge in [-0.15, -0.1) is 0 Å². The molecule has 0 bridgehead atoms. The predicted octanol–water partition coefficient (Wildman–Crippen LogP) is 1.55. The van der Waals surface area contributed by atoms with E-state index in [0.29, 0.717) is 21.8 Å². The van der Waals surface area contributed by atoms with E-state index in [9.17, 15) is 4.79 Å². The zero-order chi connectivity index (χ0) is 13.8. The summed E-state index contributed by atoms with van der Waals surface area (Å²) < 4.78 is 0. The van der Waals surface area contributed by atoms with Crippen molar-refractivity contribution in [1.29, 1.82) is 0 Å². The van der Waals surface area contributed by atoms with Crippen molar-refractivity contribution < 1.29 is 0 Å². The van der Waals surface area contributed by atoms with E-state index in [1.54, 1.807) is 13.0 Å². The molecule has 2 aromatic rings. The van der Waals surface area contributed by atoms with Gasteiger partial charge in [0.15, 0.2) is 5.16 Å². The summed E-state index contributed by atoms with van der Waals surface area (Å²) in [6, 6.07) is 3.18. The van der Waals surface area contributed by atoms with E-state index in [1.165, 1.54) is 17.8 Å². The molecule has 0 aliphatic heterocycles. The Hall–Kier alpha value is -1.89. The highest BCUT2D eigenvalue weighted by atomic mass is 32.2. The summed E-state index contributed by atoms with van der Waals surface area (Å²) in [6.45, 7) is 3.81. The second kappa shape index (κ2) is 5.83. The van der Waals surface area contributed by atoms with Crippen LogP contribution in [0, 0.1) is 6.92 Å². The van der Waals surface area contributed by atoms with Gasteiger partial charge in [-0.05, 0) is 25.1 Å². The van der Waals surface area contributed by atoms with Crippen LogP contribution in [0.2, 0.25) is 0 Å². The van der Waals surface area contributed by atoms with Crippen molar-refractivity contribution in [3.8, 4) is 0 Å². The van der Waals surface area contributed by atoms with Crippen molar-refractivity contribution in [2.75, 3.05) is 5.73 Å². The van der Waals surface area contributed by atoms with Gasteiger partial charge >= 0.3 is 0 Å². The van der Waals surface area contributed by atoms with Crippen LogP contribution in [0.4, 0.5) is 5.82 Å². The third-order valence-electron chi connectivity index (χ3n) is 2.31. The van der Waals surface area contributed by atoms with Gasteiger partial charge in [0.2, 0.25) is 0 Å². The lowest BCUT2D eigenvalue weighted by Crippen LogP contribution is -2.10. The number of nitrogens with two attached hydrogens (primary N) is 1. The number of nitrogens with one attached hydrogen (secondary N) is 1. The number of hydrogen-bond acceptors (Lipinski definition) is 6. The molecular formula is C12H15N5OS. The van der Waals surface area contributed by atoms with Crippen molar-refractivity contribution in [3.63, 3.8) is 0 Å². The lowest BCUT2D eigenvalue weighted by molar-refractivity contribution is 0.814. The zero-order valence-corrected chi connectivity index (χ0v) is 11.6. The van der Waals surface area contributed by atoms with Gasteiger partial charge in [0, 0.05) is 17.8 Å². The van der Waals surface area contributed by atoms with Crippen LogP contribution in [0.5, 0.6) is 0 Å². The maximum Gasteiger partial charge on any atom is 0.251 e. The molecule has 0 spiro atoms. The number of rotatable bonds is 4. The third-order valence-corrected chi connectivity index (χ3v) is 3.12. The van der Waals surface area contributed by atoms with Gasteiger partial charge in [0.1, 0.15) is 16.7 Å². The average Bonchev–Trinajstić information content (AvgIpc) is 2.26. The van der Waals surface area contributed by atoms with Crippen LogP contribution in [-0.2, 0) is 6.42 Å². The maximum absolute atomic E-state index is 11.5. The molecule has 2 heterocycles. The van der Waals surface area contributed by atoms with Crippen LogP contribution in [0.1, 0.15) is 24.9 Å². The first-order valence-corrected chi connectivity index (χ1v) is 6.77. The summed E-state index contributed by atoms with van der Waals surface area (Å²) in [5.74, 6) is 0.997. The van der Waals surface area contributed by atoms with Gasteiger partial charge in [-0.1, -0.05) is 13.3 Å². The van der Waals surface area contributed by atoms with Crippen molar-refractivity contribution >= 4 is 17.6 Å². The molecular weight excluding hydrogens is 262 g/mol. The molecule has 0 atom stereocenters. The largest absolute Gasteiger partial charge is 0.384 e. The Bertz CT molecular complexity index is 620. The molecule has 100 valence electrons. The number of H-pyrrole nitrogens is 1. The van der Waals surface area contributed by atoms with E-state index < -0.39 is 0 Å². The van der Waals surface area contributed by atoms with Gasteiger partial charge in [0.05, 0.1) is 0 Å². The number of aromatic amines is 1. The molecule has 7 heteroatoms. The van der Waals surface area contributed by atoms with Gasteiger partial charge in [-0.3, -0.25) is 4.79 Å². The Morgan fingerprint density at radius 1 is 1.32 bits per heavy atom. The van der Waals surface area contributed by atoms with Crippen molar-refractivity contribution in [1.82, 2.24) is 19.9 Å². The number of aryl methyl sites for hydroxylation is 2. The zero-order valence-electron chi connectivity index (χ0n) is 10.8. The Labute approximate surface area is 114 Å². The number of anilines is 1. The highest BCUT2D eigenvalue weighted by molar-refractivity contribution is 7.99. The second-order valence-electron chi connectivity index (χ2n) is 4.07. The van der Waals surface area contributed by atoms with Gasteiger partial charge in [0.25, 0.3) is 5.56 Å². The average molecular weight is 277 g/mol. The first-order valence-electron chi connectivity index (χ1n) is 5.96. The SMILES string of the molecule is CCCc1cc(=O)[nH]c(Sc2cc(N)nc(C)n2)n1. The number of aromatic nitrogens is 4. The predicted molar refractivity (Wildman–Crippen MR) is 74.2 cm³/mol. The fraction of sp³-hybridized carbons (Fsp3) is 0.333. The van der Waals surface area contributed by atoms with E-state index in [2.05, 4.69) is 19.9 Å². The fourth-order valence-corrected chi connectivity index (χ4v) is 2.50. The van der Waals surface area contributed by atoms with Crippen LogP contribution in [0.15, 0.2) is 27.1 Å². The van der Waals surface area contributed by atoms with Gasteiger partial charge < -0.3 is 10.7 Å². The topological polar surface area (TPSA) is 97.5 Å². The maximum atomic E-state index is 11.5. The molecule has 0 saturated carbocycles. The Morgan fingerprint density at radius 2 is 2.11 bits per heavy atom. The molecule has 0 saturated heterocycles. The number of nitrogens with zero attached hydrogens (tertiary/aromatic N) is 3. The molecule has 2 aromatic heterocycles. The minimum absolute atomic E-state index is 0.153. The van der Waals surface area contributed by atoms with E-state index in [-0.39, 0.29) is 5.56 Å². The molecule has 0 fully saturated rings. The minimum atomic E-state index is -0.153. The quantitative estimate of drug-likeness (QED) is 0.650. The molecule has 6 nitrogen and oxygen atoms in total. The summed E-state index contributed by atoms with van der Waals surface area (Å²) in [4.78, 5) is 26.9. The van der Waals surface area contributed by atoms with E-state index in [4.69, 9.17) is 5.73 Å². The molecule has 0 radical (unpaired) electrons. The van der Waals surface area contributed by atoms with Crippen molar-refractivity contribution in [2.24, 2.45) is 0 Å². The summed E-state index contributed by atoms with van der Waals surface area (Å²) in [5.41, 5.74) is 6.30. The monoisotopic (exact) mass is 277 g/mol. The lowest BCUT2D eigenvalue weighted by atomic mass is 10.2. The Balaban J connectivity index is 2.29. The van der Waals surface area contributed by atoms with Crippen LogP contribution in [0.3, 0.4) is 0 Å². The summed E-state index contributed by atoms with van der Waals surface area (Å²) in [6.07, 6.45) is 1.72. The summed E-state index contributed by atoms with van der Waals surface area (Å²) in [7, 11) is 0. The molecule has 0 unspecified atom stereocenters. The van der Waals surface area contributed by atoms with Crippen LogP contribution < -0.4 is 11.3 Å². The molecule has 0 amide bonds. The van der Waals surface area contributed by atoms with E-state index in [1.807, 2.05) is 6.92 Å². The van der Waals surface area contributed by atoms with E-state index >= 15 is 0 Å². The fourth-order valence-electron chi connectivity index (χ4n) is 1.63. The summed E-state index contributed by atoms with van der Waals surface area (Å²) in [5, 5.41) is 1.19. The highest BCUT2D eigenvalue weighted by Gasteiger charge is 2.06. The highest BCUT2D eigenvalue weighted by Crippen LogP contribution is 2.23. The van der Waals surface area contributed by atoms with Crippen LogP contribution in [0.25, 0.3) is 0 Å². The normalized spacial score (nSPS) is 10.6. The molecule has 0 aliphatic carbocycles. The van der Waals surface area contributed by atoms with Crippen molar-refractivity contribution in [2.45, 2.75) is 36.9 Å². The van der Waals surface area contributed by atoms with Gasteiger partial charge in [-0.2, -0.15) is 0 Å². The first-order chi connectivity index (χ1) is 9.06. The Kier molecular flexibility index (Phi) is 4.16. The van der Waals surface area contributed by atoms with Crippen LogP contribution >= 0.6 is 11.8 Å². The smallest absolute Gasteiger partial charge is 0.251 e. The molecule has 0 aromatic carbocycles. The lowest BCUT2D eigenvalue weighted by Gasteiger charge is -2.04. The number of nitrogen functional groups attached to an aromatic ring is 1. The van der Waals surface area contributed by atoms with Crippen LogP contribution in [-0.4, -0.2) is 19.9 Å². The second-order valence-corrected chi connectivity index (χ2v) is 5.08. The molecule has 3 N–H and O–H groups in total. The van der Waals surface area contributed by atoms with E-state index in [0.717, 1.165) is 18.5 Å².